The predicted octanol–water partition coefficient (Wildman–Crippen LogP) is 0.0438. The number of aliphatic hydroxyl groups excluding tert-OH is 1. The van der Waals surface area contributed by atoms with Crippen LogP contribution in [0.5, 0.6) is 0 Å². The topological polar surface area (TPSA) is 254 Å². The summed E-state index contributed by atoms with van der Waals surface area (Å²) < 4.78 is 78.2. The standard InChI is InChI=1S/C12H25BO17P4/c1-2-7-3-8(14)10(26-7)5-24-32(18,19)28-9-4-12(13)27-11(9)6-25-33(20,21)30-34(22,23)29-31(15,16)17/h7-12,14H,2-6H2,1H3,(H,18,19)(H,20,21)(H,22,23)(H2,15,16,17)/t7-,8-,9-,10+,11+,12+/m0/s1. The van der Waals surface area contributed by atoms with Gasteiger partial charge in [-0.25, -0.2) is 18.3 Å². The molecule has 2 heterocycles. The van der Waals surface area contributed by atoms with Gasteiger partial charge in [0.15, 0.2) is 0 Å². The zero-order chi connectivity index (χ0) is 25.9. The predicted molar refractivity (Wildman–Crippen MR) is 109 cm³/mol. The molecule has 17 nitrogen and oxygen atoms in total. The van der Waals surface area contributed by atoms with Crippen LogP contribution in [0.4, 0.5) is 0 Å². The van der Waals surface area contributed by atoms with Crippen molar-refractivity contribution in [2.75, 3.05) is 13.2 Å². The highest BCUT2D eigenvalue weighted by molar-refractivity contribution is 7.66. The fourth-order valence-electron chi connectivity index (χ4n) is 3.07. The average Bonchev–Trinajstić information content (AvgIpc) is 3.16. The largest absolute Gasteiger partial charge is 0.490 e. The summed E-state index contributed by atoms with van der Waals surface area (Å²) in [5.74, 6) is 0. The fourth-order valence-corrected chi connectivity index (χ4v) is 7.06. The van der Waals surface area contributed by atoms with E-state index >= 15 is 0 Å². The van der Waals surface area contributed by atoms with E-state index < -0.39 is 74.9 Å². The van der Waals surface area contributed by atoms with Crippen molar-refractivity contribution in [3.63, 3.8) is 0 Å². The lowest BCUT2D eigenvalue weighted by molar-refractivity contribution is -0.0342. The molecule has 2 saturated heterocycles. The van der Waals surface area contributed by atoms with Crippen molar-refractivity contribution in [2.45, 2.75) is 62.7 Å². The average molecular weight is 576 g/mol. The molecule has 6 N–H and O–H groups in total. The monoisotopic (exact) mass is 576 g/mol. The Bertz CT molecular complexity index is 881. The number of phosphoric ester groups is 2. The van der Waals surface area contributed by atoms with Gasteiger partial charge in [-0.05, 0) is 12.8 Å². The molecule has 9 atom stereocenters. The molecule has 2 fully saturated rings. The molecule has 3 unspecified atom stereocenters. The number of hydrogen-bond acceptors (Lipinski definition) is 12. The molecule has 2 aliphatic rings. The van der Waals surface area contributed by atoms with E-state index in [-0.39, 0.29) is 12.5 Å². The minimum atomic E-state index is -5.72. The third kappa shape index (κ3) is 10.4. The first kappa shape index (κ1) is 30.7. The van der Waals surface area contributed by atoms with E-state index in [1.165, 1.54) is 0 Å². The van der Waals surface area contributed by atoms with Crippen molar-refractivity contribution in [3.8, 4) is 0 Å². The lowest BCUT2D eigenvalue weighted by atomic mass is 9.96. The Morgan fingerprint density at radius 3 is 2.00 bits per heavy atom. The van der Waals surface area contributed by atoms with E-state index in [2.05, 4.69) is 13.1 Å². The number of rotatable bonds is 13. The molecule has 2 radical (unpaired) electrons. The summed E-state index contributed by atoms with van der Waals surface area (Å²) in [6.45, 7) is 0.425. The van der Waals surface area contributed by atoms with Crippen LogP contribution in [-0.4, -0.2) is 87.2 Å². The summed E-state index contributed by atoms with van der Waals surface area (Å²) in [4.78, 5) is 45.7. The Kier molecular flexibility index (Phi) is 10.7. The van der Waals surface area contributed by atoms with Gasteiger partial charge in [-0.2, -0.15) is 8.62 Å². The Morgan fingerprint density at radius 2 is 1.44 bits per heavy atom. The number of phosphoric acid groups is 4. The number of aliphatic hydroxyl groups is 1. The molecule has 2 aliphatic heterocycles. The van der Waals surface area contributed by atoms with Crippen molar-refractivity contribution < 1.29 is 79.5 Å². The highest BCUT2D eigenvalue weighted by Crippen LogP contribution is 2.66. The summed E-state index contributed by atoms with van der Waals surface area (Å²) in [5, 5.41) is 9.92. The van der Waals surface area contributed by atoms with Crippen LogP contribution in [0.3, 0.4) is 0 Å². The molecule has 2 rings (SSSR count). The molecule has 0 amide bonds. The molecule has 22 heteroatoms. The maximum absolute atomic E-state index is 12.3. The summed E-state index contributed by atoms with van der Waals surface area (Å²) in [5.41, 5.74) is 0. The van der Waals surface area contributed by atoms with Gasteiger partial charge in [0.25, 0.3) is 0 Å². The van der Waals surface area contributed by atoms with Crippen LogP contribution < -0.4 is 0 Å². The molecule has 0 spiro atoms. The maximum Gasteiger partial charge on any atom is 0.490 e. The molecule has 198 valence electrons. The van der Waals surface area contributed by atoms with E-state index in [1.54, 1.807) is 0 Å². The van der Waals surface area contributed by atoms with Crippen LogP contribution in [0.15, 0.2) is 0 Å². The van der Waals surface area contributed by atoms with Crippen molar-refractivity contribution in [2.24, 2.45) is 0 Å². The van der Waals surface area contributed by atoms with Gasteiger partial charge in [0, 0.05) is 12.4 Å². The normalized spacial score (nSPS) is 35.5. The summed E-state index contributed by atoms with van der Waals surface area (Å²) in [6.07, 6.45) is -3.95. The molecule has 0 aromatic heterocycles. The smallest absolute Gasteiger partial charge is 0.390 e. The van der Waals surface area contributed by atoms with E-state index in [0.717, 1.165) is 0 Å². The summed E-state index contributed by atoms with van der Waals surface area (Å²) >= 11 is 0. The molecule has 0 saturated carbocycles. The van der Waals surface area contributed by atoms with Gasteiger partial charge in [-0.15, -0.1) is 0 Å². The molecule has 0 aromatic carbocycles. The number of hydrogen-bond donors (Lipinski definition) is 6. The lowest BCUT2D eigenvalue weighted by Gasteiger charge is -2.23. The van der Waals surface area contributed by atoms with Crippen molar-refractivity contribution in [1.82, 2.24) is 0 Å². The van der Waals surface area contributed by atoms with Gasteiger partial charge in [0.1, 0.15) is 20.1 Å². The highest BCUT2D eigenvalue weighted by atomic mass is 31.3. The van der Waals surface area contributed by atoms with Crippen LogP contribution in [0.25, 0.3) is 0 Å². The molecular formula is C12H25BO17P4. The first-order valence-electron chi connectivity index (χ1n) is 9.59. The van der Waals surface area contributed by atoms with Crippen LogP contribution >= 0.6 is 31.3 Å². The van der Waals surface area contributed by atoms with Crippen LogP contribution in [-0.2, 0) is 49.9 Å². The van der Waals surface area contributed by atoms with Gasteiger partial charge < -0.3 is 39.0 Å². The van der Waals surface area contributed by atoms with Gasteiger partial charge in [0.05, 0.1) is 31.5 Å². The van der Waals surface area contributed by atoms with Crippen LogP contribution in [0, 0.1) is 0 Å². The zero-order valence-corrected chi connectivity index (χ0v) is 21.1. The number of ether oxygens (including phenoxy) is 2. The second kappa shape index (κ2) is 11.9. The van der Waals surface area contributed by atoms with Gasteiger partial charge >= 0.3 is 31.3 Å². The van der Waals surface area contributed by atoms with Crippen LogP contribution in [0.2, 0.25) is 0 Å². The Balaban J connectivity index is 1.91. The molecular weight excluding hydrogens is 551 g/mol. The van der Waals surface area contributed by atoms with Gasteiger partial charge in [-0.3, -0.25) is 13.6 Å². The van der Waals surface area contributed by atoms with E-state index in [1.807, 2.05) is 6.92 Å². The lowest BCUT2D eigenvalue weighted by Crippen LogP contribution is -2.30. The highest BCUT2D eigenvalue weighted by Gasteiger charge is 2.44. The first-order valence-corrected chi connectivity index (χ1v) is 15.6. The fraction of sp³-hybridized carbons (Fsp3) is 1.00. The maximum atomic E-state index is 12.3. The minimum absolute atomic E-state index is 0.196. The molecule has 0 aliphatic carbocycles. The van der Waals surface area contributed by atoms with Gasteiger partial charge in [-0.1, -0.05) is 6.92 Å². The minimum Gasteiger partial charge on any atom is -0.390 e. The quantitative estimate of drug-likeness (QED) is 0.125. The third-order valence-corrected chi connectivity index (χ3v) is 9.29. The summed E-state index contributed by atoms with van der Waals surface area (Å²) in [6, 6.07) is -1.06. The second-order valence-electron chi connectivity index (χ2n) is 7.25. The van der Waals surface area contributed by atoms with Gasteiger partial charge in [0.2, 0.25) is 0 Å². The SMILES string of the molecule is [B][C@H]1C[C@H](OP(=O)(O)OC[C@H]2O[C@@H](CC)C[C@@H]2O)[C@@H](COP(=O)(O)OP(=O)(O)OP(=O)(O)O)O1. The van der Waals surface area contributed by atoms with Crippen molar-refractivity contribution in [1.29, 1.82) is 0 Å². The Morgan fingerprint density at radius 1 is 0.853 bits per heavy atom. The van der Waals surface area contributed by atoms with Crippen molar-refractivity contribution in [3.05, 3.63) is 0 Å². The molecule has 0 bridgehead atoms. The third-order valence-electron chi connectivity index (χ3n) is 4.47. The van der Waals surface area contributed by atoms with E-state index in [4.69, 9.17) is 41.0 Å². The Hall–Kier alpha value is 0.465. The van der Waals surface area contributed by atoms with Crippen LogP contribution in [0.1, 0.15) is 26.2 Å². The van der Waals surface area contributed by atoms with Crippen molar-refractivity contribution >= 4 is 39.1 Å². The van der Waals surface area contributed by atoms with E-state index in [0.29, 0.717) is 12.8 Å². The summed E-state index contributed by atoms with van der Waals surface area (Å²) in [7, 11) is -15.9. The molecule has 0 aromatic rings. The second-order valence-corrected chi connectivity index (χ2v) is 13.1. The molecule has 34 heavy (non-hydrogen) atoms. The first-order chi connectivity index (χ1) is 15.4. The van der Waals surface area contributed by atoms with E-state index in [9.17, 15) is 33.2 Å². The Labute approximate surface area is 195 Å². The zero-order valence-electron chi connectivity index (χ0n) is 17.5.